The molecule has 1 rings (SSSR count). The van der Waals surface area contributed by atoms with Gasteiger partial charge in [-0.25, -0.2) is 0 Å². The highest BCUT2D eigenvalue weighted by Gasteiger charge is 2.20. The maximum atomic E-state index is 12.2. The van der Waals surface area contributed by atoms with E-state index >= 15 is 0 Å². The van der Waals surface area contributed by atoms with Crippen LogP contribution in [0.15, 0.2) is 24.3 Å². The summed E-state index contributed by atoms with van der Waals surface area (Å²) >= 11 is 0. The molecule has 0 bridgehead atoms. The van der Waals surface area contributed by atoms with Crippen LogP contribution in [0, 0.1) is 0 Å². The second kappa shape index (κ2) is 11.2. The molecular formula is C18H28O4. The van der Waals surface area contributed by atoms with Gasteiger partial charge in [0.25, 0.3) is 0 Å². The van der Waals surface area contributed by atoms with Gasteiger partial charge in [0.1, 0.15) is 0 Å². The summed E-state index contributed by atoms with van der Waals surface area (Å²) in [5.41, 5.74) is 0. The summed E-state index contributed by atoms with van der Waals surface area (Å²) in [7, 11) is 0. The van der Waals surface area contributed by atoms with Gasteiger partial charge in [-0.15, -0.1) is 0 Å². The Hall–Kier alpha value is -1.42. The first-order valence-corrected chi connectivity index (χ1v) is 8.38. The summed E-state index contributed by atoms with van der Waals surface area (Å²) in [6.07, 6.45) is 12.4. The number of carbonyl (C=O) groups is 2. The summed E-state index contributed by atoms with van der Waals surface area (Å²) in [6, 6.07) is 0. The Morgan fingerprint density at radius 2 is 1.91 bits per heavy atom. The summed E-state index contributed by atoms with van der Waals surface area (Å²) in [6.45, 7) is 2.01. The van der Waals surface area contributed by atoms with Gasteiger partial charge in [-0.05, 0) is 25.3 Å². The number of cyclic esters (lactones) is 1. The molecule has 124 valence electrons. The zero-order valence-electron chi connectivity index (χ0n) is 13.5. The topological polar surface area (TPSA) is 63.6 Å². The third kappa shape index (κ3) is 8.13. The van der Waals surface area contributed by atoms with E-state index in [1.807, 2.05) is 19.1 Å². The second-order valence-corrected chi connectivity index (χ2v) is 5.73. The molecule has 4 heteroatoms. The molecule has 0 aliphatic carbocycles. The average molecular weight is 308 g/mol. The highest BCUT2D eigenvalue weighted by Crippen LogP contribution is 2.13. The molecule has 0 aromatic carbocycles. The molecule has 2 atom stereocenters. The number of esters is 1. The molecule has 1 unspecified atom stereocenters. The Morgan fingerprint density at radius 3 is 2.68 bits per heavy atom. The molecule has 0 spiro atoms. The summed E-state index contributed by atoms with van der Waals surface area (Å²) in [4.78, 5) is 24.0. The van der Waals surface area contributed by atoms with Gasteiger partial charge in [-0.1, -0.05) is 50.8 Å². The Labute approximate surface area is 133 Å². The Bertz CT molecular complexity index is 398. The quantitative estimate of drug-likeness (QED) is 0.640. The van der Waals surface area contributed by atoms with Crippen molar-refractivity contribution in [1.29, 1.82) is 0 Å². The van der Waals surface area contributed by atoms with Crippen LogP contribution in [0.4, 0.5) is 0 Å². The molecular weight excluding hydrogens is 280 g/mol. The van der Waals surface area contributed by atoms with Gasteiger partial charge in [0.05, 0.1) is 6.10 Å². The molecule has 22 heavy (non-hydrogen) atoms. The van der Waals surface area contributed by atoms with Gasteiger partial charge in [-0.3, -0.25) is 9.59 Å². The lowest BCUT2D eigenvalue weighted by atomic mass is 10.0. The second-order valence-electron chi connectivity index (χ2n) is 5.73. The number of aliphatic hydroxyl groups is 1. The van der Waals surface area contributed by atoms with Gasteiger partial charge in [0.2, 0.25) is 0 Å². The predicted molar refractivity (Wildman–Crippen MR) is 86.4 cm³/mol. The van der Waals surface area contributed by atoms with Crippen molar-refractivity contribution >= 4 is 11.8 Å². The molecule has 1 N–H and O–H groups in total. The Balaban J connectivity index is 2.72. The van der Waals surface area contributed by atoms with Crippen LogP contribution in [0.3, 0.4) is 0 Å². The molecule has 0 amide bonds. The fourth-order valence-corrected chi connectivity index (χ4v) is 2.39. The monoisotopic (exact) mass is 308 g/mol. The van der Waals surface area contributed by atoms with Crippen LogP contribution in [0.5, 0.6) is 0 Å². The number of rotatable bonds is 3. The molecule has 0 fully saturated rings. The van der Waals surface area contributed by atoms with Gasteiger partial charge in [-0.2, -0.15) is 0 Å². The fourth-order valence-electron chi connectivity index (χ4n) is 2.39. The van der Waals surface area contributed by atoms with Crippen LogP contribution < -0.4 is 0 Å². The largest absolute Gasteiger partial charge is 0.454 e. The van der Waals surface area contributed by atoms with Crippen molar-refractivity contribution in [3.63, 3.8) is 0 Å². The molecule has 4 nitrogen and oxygen atoms in total. The number of carbonyl (C=O) groups excluding carboxylic acids is 2. The minimum absolute atomic E-state index is 0.259. The minimum atomic E-state index is -0.776. The minimum Gasteiger partial charge on any atom is -0.454 e. The maximum Gasteiger partial charge on any atom is 0.306 e. The van der Waals surface area contributed by atoms with Crippen molar-refractivity contribution in [2.75, 3.05) is 0 Å². The first kappa shape index (κ1) is 18.6. The zero-order chi connectivity index (χ0) is 16.2. The van der Waals surface area contributed by atoms with Crippen molar-refractivity contribution < 1.29 is 19.4 Å². The Morgan fingerprint density at radius 1 is 1.18 bits per heavy atom. The lowest BCUT2D eigenvalue weighted by Gasteiger charge is -2.14. The van der Waals surface area contributed by atoms with E-state index in [0.29, 0.717) is 19.3 Å². The lowest BCUT2D eigenvalue weighted by molar-refractivity contribution is -0.153. The standard InChI is InChI=1S/C18H28O4/c1-2-3-7-11-17-16(20)14-13-15(19)10-8-5-4-6-9-12-18(21)22-17/h3,7,13-15,17,19H,2,4-6,8-12H2,1H3/b7-3-,14-13+/t15-,17?/m1/s1. The maximum absolute atomic E-state index is 12.2. The van der Waals surface area contributed by atoms with E-state index in [9.17, 15) is 14.7 Å². The summed E-state index contributed by atoms with van der Waals surface area (Å²) in [5, 5.41) is 9.83. The van der Waals surface area contributed by atoms with Crippen LogP contribution >= 0.6 is 0 Å². The summed E-state index contributed by atoms with van der Waals surface area (Å²) < 4.78 is 5.32. The molecule has 1 aliphatic heterocycles. The number of hydrogen-bond acceptors (Lipinski definition) is 4. The highest BCUT2D eigenvalue weighted by atomic mass is 16.5. The smallest absolute Gasteiger partial charge is 0.306 e. The third-order valence-electron chi connectivity index (χ3n) is 3.71. The number of aliphatic hydroxyl groups excluding tert-OH is 1. The molecule has 0 saturated carbocycles. The predicted octanol–water partition coefficient (Wildman–Crippen LogP) is 3.49. The molecule has 0 saturated heterocycles. The van der Waals surface area contributed by atoms with Gasteiger partial charge >= 0.3 is 5.97 Å². The fraction of sp³-hybridized carbons (Fsp3) is 0.667. The normalized spacial score (nSPS) is 27.4. The van der Waals surface area contributed by atoms with E-state index in [1.54, 1.807) is 0 Å². The highest BCUT2D eigenvalue weighted by molar-refractivity contribution is 5.95. The van der Waals surface area contributed by atoms with Crippen LogP contribution in [-0.4, -0.2) is 29.1 Å². The van der Waals surface area contributed by atoms with Gasteiger partial charge in [0, 0.05) is 12.8 Å². The van der Waals surface area contributed by atoms with Crippen molar-refractivity contribution in [3.8, 4) is 0 Å². The van der Waals surface area contributed by atoms with Crippen molar-refractivity contribution in [2.45, 2.75) is 76.9 Å². The molecule has 1 aliphatic rings. The molecule has 0 aromatic heterocycles. The zero-order valence-corrected chi connectivity index (χ0v) is 13.5. The third-order valence-corrected chi connectivity index (χ3v) is 3.71. The van der Waals surface area contributed by atoms with Gasteiger partial charge in [0.15, 0.2) is 11.9 Å². The van der Waals surface area contributed by atoms with Crippen molar-refractivity contribution in [2.24, 2.45) is 0 Å². The lowest BCUT2D eigenvalue weighted by Crippen LogP contribution is -2.26. The van der Waals surface area contributed by atoms with Crippen LogP contribution in [-0.2, 0) is 14.3 Å². The number of ketones is 1. The van der Waals surface area contributed by atoms with E-state index in [2.05, 4.69) is 0 Å². The van der Waals surface area contributed by atoms with Crippen LogP contribution in [0.1, 0.15) is 64.7 Å². The number of ether oxygens (including phenoxy) is 1. The Kier molecular flexibility index (Phi) is 9.47. The van der Waals surface area contributed by atoms with Crippen LogP contribution in [0.2, 0.25) is 0 Å². The SMILES string of the molecule is CC/C=C\CC1OC(=O)CCCCCCC[C@@H](O)/C=C/C1=O. The molecule has 0 radical (unpaired) electrons. The van der Waals surface area contributed by atoms with E-state index in [0.717, 1.165) is 38.5 Å². The van der Waals surface area contributed by atoms with Crippen molar-refractivity contribution in [3.05, 3.63) is 24.3 Å². The number of allylic oxidation sites excluding steroid dienone is 1. The van der Waals surface area contributed by atoms with E-state index in [1.165, 1.54) is 12.2 Å². The van der Waals surface area contributed by atoms with E-state index < -0.39 is 12.2 Å². The molecule has 1 heterocycles. The first-order chi connectivity index (χ1) is 10.6. The molecule has 0 aromatic rings. The van der Waals surface area contributed by atoms with Crippen molar-refractivity contribution in [1.82, 2.24) is 0 Å². The summed E-state index contributed by atoms with van der Waals surface area (Å²) in [5.74, 6) is -0.570. The van der Waals surface area contributed by atoms with Crippen LogP contribution in [0.25, 0.3) is 0 Å². The van der Waals surface area contributed by atoms with E-state index in [4.69, 9.17) is 4.74 Å². The first-order valence-electron chi connectivity index (χ1n) is 8.38. The van der Waals surface area contributed by atoms with Gasteiger partial charge < -0.3 is 9.84 Å². The average Bonchev–Trinajstić information content (AvgIpc) is 2.50. The van der Waals surface area contributed by atoms with E-state index in [-0.39, 0.29) is 11.8 Å². The number of hydrogen-bond donors (Lipinski definition) is 1.